The number of aromatic nitrogens is 3. The Labute approximate surface area is 245 Å². The van der Waals surface area contributed by atoms with Crippen molar-refractivity contribution in [3.05, 3.63) is 77.5 Å². The molecule has 218 valence electrons. The fraction of sp³-hybridized carbons (Fsp3) is 0.355. The summed E-state index contributed by atoms with van der Waals surface area (Å²) in [6, 6.07) is 14.5. The molecule has 1 amide bonds. The number of halogens is 1. The van der Waals surface area contributed by atoms with Crippen LogP contribution in [0.1, 0.15) is 34.5 Å². The lowest BCUT2D eigenvalue weighted by Crippen LogP contribution is -2.36. The summed E-state index contributed by atoms with van der Waals surface area (Å²) >= 11 is 0. The van der Waals surface area contributed by atoms with Crippen LogP contribution in [0, 0.1) is 17.1 Å². The number of ether oxygens (including phenoxy) is 2. The monoisotopic (exact) mass is 588 g/mol. The first-order valence-corrected chi connectivity index (χ1v) is 17.7. The SMILES string of the molecule is CN(Cc1c[n+](O)c(C#N)c2cnn(COCC[Si](C)(C)C)c12)C(=O)c1ccc(-c2cccc(F)c2)c(OC2CC2)c1. The van der Waals surface area contributed by atoms with Gasteiger partial charge in [-0.15, -0.1) is 0 Å². The molecule has 1 fully saturated rings. The van der Waals surface area contributed by atoms with Gasteiger partial charge in [-0.3, -0.25) is 10.0 Å². The van der Waals surface area contributed by atoms with Crippen molar-refractivity contribution in [1.29, 1.82) is 5.26 Å². The lowest BCUT2D eigenvalue weighted by Gasteiger charge is -2.19. The molecule has 0 saturated heterocycles. The Morgan fingerprint density at radius 1 is 1.26 bits per heavy atom. The van der Waals surface area contributed by atoms with Crippen LogP contribution < -0.4 is 9.47 Å². The Kier molecular flexibility index (Phi) is 8.29. The van der Waals surface area contributed by atoms with Crippen LogP contribution in [0.15, 0.2) is 54.9 Å². The number of hydrogen-bond donors (Lipinski definition) is 1. The van der Waals surface area contributed by atoms with Crippen LogP contribution >= 0.6 is 0 Å². The average molecular weight is 589 g/mol. The van der Waals surface area contributed by atoms with Gasteiger partial charge >= 0.3 is 5.69 Å². The predicted molar refractivity (Wildman–Crippen MR) is 157 cm³/mol. The Morgan fingerprint density at radius 2 is 2.05 bits per heavy atom. The van der Waals surface area contributed by atoms with Crippen molar-refractivity contribution >= 4 is 24.9 Å². The molecular weight excluding hydrogens is 553 g/mol. The molecule has 11 heteroatoms. The smallest absolute Gasteiger partial charge is 0.344 e. The molecule has 0 radical (unpaired) electrons. The van der Waals surface area contributed by atoms with Gasteiger partial charge in [0.1, 0.15) is 23.7 Å². The first-order valence-electron chi connectivity index (χ1n) is 14.0. The standard InChI is InChI=1S/C31H35FN5O4Si/c1-35(31(38)22-8-11-26(21-6-5-7-24(32)14-21)29(15-22)41-25-9-10-25)18-23-19-37(39)28(16-33)27-17-34-36(30(23)27)20-40-12-13-42(2,3)4/h5-8,11,14-15,17,19,25,39H,9-10,12-13,18,20H2,1-4H3/q+1. The van der Waals surface area contributed by atoms with Gasteiger partial charge in [0.05, 0.1) is 29.9 Å². The molecule has 1 N–H and O–H groups in total. The molecule has 0 atom stereocenters. The molecule has 2 aromatic heterocycles. The Hall–Kier alpha value is -4.27. The van der Waals surface area contributed by atoms with Crippen LogP contribution in [0.2, 0.25) is 25.7 Å². The van der Waals surface area contributed by atoms with Gasteiger partial charge in [-0.1, -0.05) is 31.8 Å². The average Bonchev–Trinajstić information content (AvgIpc) is 3.66. The fourth-order valence-corrected chi connectivity index (χ4v) is 5.47. The van der Waals surface area contributed by atoms with E-state index >= 15 is 0 Å². The second-order valence-electron chi connectivity index (χ2n) is 11.9. The van der Waals surface area contributed by atoms with Crippen LogP contribution in [0.5, 0.6) is 5.75 Å². The summed E-state index contributed by atoms with van der Waals surface area (Å²) in [4.78, 5) is 15.2. The van der Waals surface area contributed by atoms with Gasteiger partial charge in [0.15, 0.2) is 6.07 Å². The second-order valence-corrected chi connectivity index (χ2v) is 17.5. The molecule has 2 aromatic carbocycles. The summed E-state index contributed by atoms with van der Waals surface area (Å²) in [5.74, 6) is -0.0777. The van der Waals surface area contributed by atoms with Crippen LogP contribution in [0.25, 0.3) is 22.0 Å². The Morgan fingerprint density at radius 3 is 2.74 bits per heavy atom. The molecule has 0 bridgehead atoms. The molecule has 4 aromatic rings. The highest BCUT2D eigenvalue weighted by molar-refractivity contribution is 6.76. The van der Waals surface area contributed by atoms with Gasteiger partial charge in [0.25, 0.3) is 5.91 Å². The Balaban J connectivity index is 1.42. The molecular formula is C31H35FN5O4Si+. The Bertz CT molecular complexity index is 1670. The zero-order valence-corrected chi connectivity index (χ0v) is 25.3. The van der Waals surface area contributed by atoms with E-state index in [2.05, 4.69) is 24.7 Å². The summed E-state index contributed by atoms with van der Waals surface area (Å²) in [6.07, 6.45) is 4.92. The summed E-state index contributed by atoms with van der Waals surface area (Å²) in [5, 5.41) is 25.1. The topological polar surface area (TPSA) is 104 Å². The molecule has 0 unspecified atom stereocenters. The van der Waals surface area contributed by atoms with Gasteiger partial charge < -0.3 is 14.4 Å². The van der Waals surface area contributed by atoms with Crippen molar-refractivity contribution in [3.63, 3.8) is 0 Å². The van der Waals surface area contributed by atoms with E-state index in [1.807, 2.05) is 12.1 Å². The minimum atomic E-state index is -1.27. The maximum absolute atomic E-state index is 14.0. The van der Waals surface area contributed by atoms with Crippen molar-refractivity contribution in [2.45, 2.75) is 57.9 Å². The number of carbonyl (C=O) groups excluding carboxylic acids is 1. The summed E-state index contributed by atoms with van der Waals surface area (Å²) in [7, 11) is 0.396. The van der Waals surface area contributed by atoms with Gasteiger partial charge in [0.2, 0.25) is 6.20 Å². The summed E-state index contributed by atoms with van der Waals surface area (Å²) in [5.41, 5.74) is 3.06. The molecule has 1 aliphatic carbocycles. The third-order valence-electron chi connectivity index (χ3n) is 7.16. The van der Waals surface area contributed by atoms with E-state index in [9.17, 15) is 19.7 Å². The van der Waals surface area contributed by atoms with E-state index in [1.54, 1.807) is 36.0 Å². The molecule has 42 heavy (non-hydrogen) atoms. The zero-order chi connectivity index (χ0) is 30.0. The normalized spacial score (nSPS) is 13.2. The van der Waals surface area contributed by atoms with Crippen LogP contribution in [-0.2, 0) is 18.0 Å². The number of benzene rings is 2. The number of carbonyl (C=O) groups is 1. The number of hydrogen-bond acceptors (Lipinski definition) is 6. The molecule has 0 aliphatic heterocycles. The molecule has 9 nitrogen and oxygen atoms in total. The minimum absolute atomic E-state index is 0.0471. The highest BCUT2D eigenvalue weighted by atomic mass is 28.3. The summed E-state index contributed by atoms with van der Waals surface area (Å²) < 4.78 is 28.4. The van der Waals surface area contributed by atoms with Crippen molar-refractivity contribution in [1.82, 2.24) is 14.7 Å². The number of fused-ring (bicyclic) bond motifs is 1. The van der Waals surface area contributed by atoms with Crippen molar-refractivity contribution in [2.75, 3.05) is 13.7 Å². The van der Waals surface area contributed by atoms with E-state index in [1.165, 1.54) is 29.4 Å². The maximum Gasteiger partial charge on any atom is 0.344 e. The molecule has 1 saturated carbocycles. The molecule has 1 aliphatic rings. The van der Waals surface area contributed by atoms with E-state index in [0.717, 1.165) is 23.6 Å². The number of amides is 1. The van der Waals surface area contributed by atoms with Gasteiger partial charge in [-0.25, -0.2) is 9.07 Å². The van der Waals surface area contributed by atoms with Gasteiger partial charge in [-0.05, 0) is 54.8 Å². The molecule has 2 heterocycles. The predicted octanol–water partition coefficient (Wildman–Crippen LogP) is 5.36. The third-order valence-corrected chi connectivity index (χ3v) is 8.86. The van der Waals surface area contributed by atoms with Crippen LogP contribution in [0.3, 0.4) is 0 Å². The van der Waals surface area contributed by atoms with E-state index < -0.39 is 8.07 Å². The van der Waals surface area contributed by atoms with E-state index in [4.69, 9.17) is 9.47 Å². The number of pyridine rings is 1. The van der Waals surface area contributed by atoms with Crippen LogP contribution in [-0.4, -0.2) is 53.6 Å². The first kappa shape index (κ1) is 29.2. The largest absolute Gasteiger partial charge is 0.490 e. The zero-order valence-electron chi connectivity index (χ0n) is 24.3. The third kappa shape index (κ3) is 6.61. The number of nitrogens with zero attached hydrogens (tertiary/aromatic N) is 5. The van der Waals surface area contributed by atoms with Gasteiger partial charge in [-0.2, -0.15) is 10.4 Å². The van der Waals surface area contributed by atoms with Crippen molar-refractivity contribution in [2.24, 2.45) is 0 Å². The van der Waals surface area contributed by atoms with Crippen molar-refractivity contribution in [3.8, 4) is 22.9 Å². The van der Waals surface area contributed by atoms with Crippen LogP contribution in [0.4, 0.5) is 4.39 Å². The highest BCUT2D eigenvalue weighted by Gasteiger charge is 2.28. The van der Waals surface area contributed by atoms with Gasteiger partial charge in [0, 0.05) is 37.6 Å². The van der Waals surface area contributed by atoms with Crippen molar-refractivity contribution < 1.29 is 28.6 Å². The first-order chi connectivity index (χ1) is 20.0. The molecule has 0 spiro atoms. The highest BCUT2D eigenvalue weighted by Crippen LogP contribution is 2.36. The molecule has 5 rings (SSSR count). The lowest BCUT2D eigenvalue weighted by molar-refractivity contribution is -0.905. The fourth-order valence-electron chi connectivity index (χ4n) is 4.71. The quantitative estimate of drug-likeness (QED) is 0.109. The number of nitriles is 1. The summed E-state index contributed by atoms with van der Waals surface area (Å²) in [6.45, 7) is 7.74. The minimum Gasteiger partial charge on any atom is -0.490 e. The maximum atomic E-state index is 14.0. The lowest BCUT2D eigenvalue weighted by atomic mass is 10.0. The van der Waals surface area contributed by atoms with E-state index in [0.29, 0.717) is 45.5 Å². The second kappa shape index (κ2) is 11.9. The van der Waals surface area contributed by atoms with E-state index in [-0.39, 0.29) is 36.8 Å². The number of rotatable bonds is 11.